The molecule has 0 aliphatic heterocycles. The minimum atomic E-state index is -0.494. The van der Waals surface area contributed by atoms with E-state index in [1.807, 2.05) is 12.1 Å². The van der Waals surface area contributed by atoms with Crippen molar-refractivity contribution in [2.75, 3.05) is 13.7 Å². The molecule has 138 valence electrons. The van der Waals surface area contributed by atoms with Gasteiger partial charge in [0.2, 0.25) is 0 Å². The minimum absolute atomic E-state index is 0.249. The highest BCUT2D eigenvalue weighted by atomic mass is 16.5. The highest BCUT2D eigenvalue weighted by molar-refractivity contribution is 5.98. The maximum Gasteiger partial charge on any atom is 0.342 e. The molecular weight excluding hydrogens is 336 g/mol. The predicted molar refractivity (Wildman–Crippen MR) is 94.1 cm³/mol. The van der Waals surface area contributed by atoms with Gasteiger partial charge in [-0.15, -0.1) is 0 Å². The van der Waals surface area contributed by atoms with Crippen molar-refractivity contribution in [3.05, 3.63) is 41.2 Å². The second-order valence-electron chi connectivity index (χ2n) is 6.08. The van der Waals surface area contributed by atoms with E-state index >= 15 is 0 Å². The van der Waals surface area contributed by atoms with Gasteiger partial charge in [0, 0.05) is 24.5 Å². The van der Waals surface area contributed by atoms with Crippen LogP contribution < -0.4 is 4.74 Å². The average Bonchev–Trinajstić information content (AvgIpc) is 3.02. The van der Waals surface area contributed by atoms with Crippen LogP contribution in [0.5, 0.6) is 5.75 Å². The summed E-state index contributed by atoms with van der Waals surface area (Å²) in [7, 11) is 1.59. The zero-order chi connectivity index (χ0) is 18.7. The van der Waals surface area contributed by atoms with Crippen molar-refractivity contribution in [3.63, 3.8) is 0 Å². The quantitative estimate of drug-likeness (QED) is 0.750. The van der Waals surface area contributed by atoms with Crippen molar-refractivity contribution in [2.24, 2.45) is 0 Å². The van der Waals surface area contributed by atoms with Crippen LogP contribution in [0, 0.1) is 0 Å². The van der Waals surface area contributed by atoms with Gasteiger partial charge in [0.05, 0.1) is 13.7 Å². The van der Waals surface area contributed by atoms with E-state index in [4.69, 9.17) is 18.6 Å². The summed E-state index contributed by atoms with van der Waals surface area (Å²) in [5, 5.41) is 0. The molecule has 1 heterocycles. The lowest BCUT2D eigenvalue weighted by molar-refractivity contribution is -0.147. The first kappa shape index (κ1) is 18.0. The Bertz CT molecular complexity index is 802. The summed E-state index contributed by atoms with van der Waals surface area (Å²) in [6.45, 7) is 3.36. The lowest BCUT2D eigenvalue weighted by Gasteiger charge is -2.22. The number of rotatable bonds is 5. The van der Waals surface area contributed by atoms with E-state index in [9.17, 15) is 9.59 Å². The summed E-state index contributed by atoms with van der Waals surface area (Å²) >= 11 is 0. The molecule has 6 nitrogen and oxygen atoms in total. The van der Waals surface area contributed by atoms with E-state index in [1.54, 1.807) is 26.2 Å². The predicted octanol–water partition coefficient (Wildman–Crippen LogP) is 4.07. The molecule has 0 saturated heterocycles. The number of hydrogen-bond acceptors (Lipinski definition) is 6. The van der Waals surface area contributed by atoms with E-state index in [0.717, 1.165) is 12.0 Å². The molecule has 0 radical (unpaired) electrons. The summed E-state index contributed by atoms with van der Waals surface area (Å²) in [5.41, 5.74) is 1.72. The molecule has 1 unspecified atom stereocenters. The zero-order valence-corrected chi connectivity index (χ0v) is 15.2. The van der Waals surface area contributed by atoms with Crippen LogP contribution in [0.15, 0.2) is 28.7 Å². The molecule has 0 amide bonds. The van der Waals surface area contributed by atoms with Gasteiger partial charge in [0.1, 0.15) is 28.9 Å². The van der Waals surface area contributed by atoms with Gasteiger partial charge in [-0.3, -0.25) is 4.79 Å². The fourth-order valence-electron chi connectivity index (χ4n) is 3.28. The Morgan fingerprint density at radius 2 is 1.96 bits per heavy atom. The number of fused-ring (bicyclic) bond motifs is 1. The fraction of sp³-hybridized carbons (Fsp3) is 0.400. The van der Waals surface area contributed by atoms with Gasteiger partial charge in [0.25, 0.3) is 0 Å². The van der Waals surface area contributed by atoms with Gasteiger partial charge in [-0.05, 0) is 44.0 Å². The number of carbonyl (C=O) groups excluding carboxylic acids is 2. The first-order valence-corrected chi connectivity index (χ1v) is 8.69. The number of hydrogen-bond donors (Lipinski definition) is 0. The highest BCUT2D eigenvalue weighted by Gasteiger charge is 2.35. The molecule has 1 aliphatic rings. The highest BCUT2D eigenvalue weighted by Crippen LogP contribution is 2.42. The van der Waals surface area contributed by atoms with Gasteiger partial charge in [-0.1, -0.05) is 0 Å². The third-order valence-corrected chi connectivity index (χ3v) is 4.35. The number of aryl methyl sites for hydroxylation is 1. The summed E-state index contributed by atoms with van der Waals surface area (Å²) in [4.78, 5) is 24.2. The van der Waals surface area contributed by atoms with Crippen LogP contribution in [-0.2, 0) is 20.7 Å². The van der Waals surface area contributed by atoms with Crippen molar-refractivity contribution >= 4 is 11.9 Å². The van der Waals surface area contributed by atoms with E-state index in [0.29, 0.717) is 41.2 Å². The first-order chi connectivity index (χ1) is 12.5. The lowest BCUT2D eigenvalue weighted by Crippen LogP contribution is -2.18. The van der Waals surface area contributed by atoms with Crippen LogP contribution in [0.3, 0.4) is 0 Å². The molecule has 1 aliphatic carbocycles. The van der Waals surface area contributed by atoms with Crippen LogP contribution in [0.2, 0.25) is 0 Å². The number of methoxy groups -OCH3 is 1. The molecule has 0 saturated carbocycles. The SMILES string of the molecule is CCOC(=O)c1c(-c2ccc(OC)cc2)oc2c1C(OC(C)=O)CCC2. The Labute approximate surface area is 152 Å². The average molecular weight is 358 g/mol. The molecule has 0 bridgehead atoms. The second-order valence-corrected chi connectivity index (χ2v) is 6.08. The third kappa shape index (κ3) is 3.45. The molecule has 0 N–H and O–H groups in total. The molecular formula is C20H22O6. The summed E-state index contributed by atoms with van der Waals surface area (Å²) < 4.78 is 21.9. The first-order valence-electron chi connectivity index (χ1n) is 8.69. The number of ether oxygens (including phenoxy) is 3. The van der Waals surface area contributed by atoms with Gasteiger partial charge in [-0.2, -0.15) is 0 Å². The van der Waals surface area contributed by atoms with Crippen molar-refractivity contribution in [3.8, 4) is 17.1 Å². The molecule has 26 heavy (non-hydrogen) atoms. The molecule has 6 heteroatoms. The van der Waals surface area contributed by atoms with E-state index < -0.39 is 12.1 Å². The molecule has 0 spiro atoms. The number of carbonyl (C=O) groups is 2. The number of furan rings is 1. The number of esters is 2. The van der Waals surface area contributed by atoms with E-state index in [1.165, 1.54) is 6.92 Å². The summed E-state index contributed by atoms with van der Waals surface area (Å²) in [5.74, 6) is 0.972. The van der Waals surface area contributed by atoms with Gasteiger partial charge < -0.3 is 18.6 Å². The van der Waals surface area contributed by atoms with Crippen molar-refractivity contribution in [1.82, 2.24) is 0 Å². The van der Waals surface area contributed by atoms with Crippen LogP contribution in [0.25, 0.3) is 11.3 Å². The van der Waals surface area contributed by atoms with Crippen molar-refractivity contribution < 1.29 is 28.2 Å². The molecule has 1 atom stereocenters. The summed E-state index contributed by atoms with van der Waals surface area (Å²) in [6, 6.07) is 7.25. The van der Waals surface area contributed by atoms with Gasteiger partial charge in [0.15, 0.2) is 0 Å². The fourth-order valence-corrected chi connectivity index (χ4v) is 3.28. The molecule has 1 aromatic carbocycles. The molecule has 2 aromatic rings. The van der Waals surface area contributed by atoms with Crippen LogP contribution in [-0.4, -0.2) is 25.7 Å². The standard InChI is InChI=1S/C20H22O6/c1-4-24-20(22)18-17-15(25-12(2)21)6-5-7-16(17)26-19(18)13-8-10-14(23-3)11-9-13/h8-11,15H,4-7H2,1-3H3. The smallest absolute Gasteiger partial charge is 0.342 e. The van der Waals surface area contributed by atoms with Crippen molar-refractivity contribution in [2.45, 2.75) is 39.2 Å². The van der Waals surface area contributed by atoms with Crippen LogP contribution in [0.4, 0.5) is 0 Å². The molecule has 3 rings (SSSR count). The Kier molecular flexibility index (Phi) is 5.30. The zero-order valence-electron chi connectivity index (χ0n) is 15.2. The van der Waals surface area contributed by atoms with E-state index in [2.05, 4.69) is 0 Å². The normalized spacial score (nSPS) is 15.9. The van der Waals surface area contributed by atoms with Crippen LogP contribution >= 0.6 is 0 Å². The second kappa shape index (κ2) is 7.64. The monoisotopic (exact) mass is 358 g/mol. The Morgan fingerprint density at radius 1 is 1.23 bits per heavy atom. The van der Waals surface area contributed by atoms with Gasteiger partial charge in [-0.25, -0.2) is 4.79 Å². The van der Waals surface area contributed by atoms with Gasteiger partial charge >= 0.3 is 11.9 Å². The maximum atomic E-state index is 12.7. The maximum absolute atomic E-state index is 12.7. The van der Waals surface area contributed by atoms with Crippen LogP contribution in [0.1, 0.15) is 54.5 Å². The topological polar surface area (TPSA) is 75.0 Å². The Balaban J connectivity index is 2.13. The van der Waals surface area contributed by atoms with E-state index in [-0.39, 0.29) is 12.6 Å². The molecule has 0 fully saturated rings. The lowest BCUT2D eigenvalue weighted by atomic mass is 9.91. The Morgan fingerprint density at radius 3 is 2.58 bits per heavy atom. The number of benzene rings is 1. The minimum Gasteiger partial charge on any atom is -0.497 e. The summed E-state index contributed by atoms with van der Waals surface area (Å²) in [6.07, 6.45) is 1.67. The Hall–Kier alpha value is -2.76. The molecule has 1 aromatic heterocycles. The largest absolute Gasteiger partial charge is 0.497 e. The van der Waals surface area contributed by atoms with Crippen molar-refractivity contribution in [1.29, 1.82) is 0 Å². The third-order valence-electron chi connectivity index (χ3n) is 4.35.